The van der Waals surface area contributed by atoms with Crippen molar-refractivity contribution in [3.63, 3.8) is 0 Å². The maximum atomic E-state index is 12.3. The Morgan fingerprint density at radius 3 is 2.67 bits per heavy atom. The highest BCUT2D eigenvalue weighted by Gasteiger charge is 2.35. The number of nitrogens with zero attached hydrogens (tertiary/aromatic N) is 1. The molecule has 4 fully saturated rings. The van der Waals surface area contributed by atoms with E-state index < -0.39 is 0 Å². The van der Waals surface area contributed by atoms with Gasteiger partial charge in [-0.3, -0.25) is 4.79 Å². The molecule has 0 aromatic heterocycles. The summed E-state index contributed by atoms with van der Waals surface area (Å²) < 4.78 is 0. The Balaban J connectivity index is 1.53. The summed E-state index contributed by atoms with van der Waals surface area (Å²) in [5.74, 6) is 0.973. The Morgan fingerprint density at radius 2 is 1.94 bits per heavy atom. The second-order valence-corrected chi connectivity index (χ2v) is 6.11. The Kier molecular flexibility index (Phi) is 3.85. The van der Waals surface area contributed by atoms with Gasteiger partial charge in [-0.1, -0.05) is 12.8 Å². The van der Waals surface area contributed by atoms with Crippen LogP contribution in [0.5, 0.6) is 0 Å². The first-order valence-electron chi connectivity index (χ1n) is 7.59. The number of piperidine rings is 3. The second kappa shape index (κ2) is 5.57. The smallest absolute Gasteiger partial charge is 0.237 e. The van der Waals surface area contributed by atoms with Crippen LogP contribution < -0.4 is 10.6 Å². The molecule has 1 amide bonds. The van der Waals surface area contributed by atoms with Gasteiger partial charge in [0.2, 0.25) is 5.91 Å². The highest BCUT2D eigenvalue weighted by Crippen LogP contribution is 2.27. The van der Waals surface area contributed by atoms with Gasteiger partial charge in [0.25, 0.3) is 0 Å². The van der Waals surface area contributed by atoms with Gasteiger partial charge in [0.1, 0.15) is 0 Å². The van der Waals surface area contributed by atoms with Gasteiger partial charge in [-0.25, -0.2) is 0 Å². The number of fused-ring (bicyclic) bond motifs is 3. The third-order valence-electron chi connectivity index (χ3n) is 4.86. The number of rotatable bonds is 2. The molecule has 0 saturated carbocycles. The molecular formula is C14H25N3O. The van der Waals surface area contributed by atoms with Crippen LogP contribution in [-0.2, 0) is 4.79 Å². The third-order valence-corrected chi connectivity index (χ3v) is 4.86. The summed E-state index contributed by atoms with van der Waals surface area (Å²) in [6.07, 6.45) is 7.20. The van der Waals surface area contributed by atoms with Crippen LogP contribution in [0.15, 0.2) is 0 Å². The molecule has 2 bridgehead atoms. The van der Waals surface area contributed by atoms with E-state index in [-0.39, 0.29) is 11.9 Å². The van der Waals surface area contributed by atoms with E-state index >= 15 is 0 Å². The van der Waals surface area contributed by atoms with Crippen LogP contribution in [0.25, 0.3) is 0 Å². The lowest BCUT2D eigenvalue weighted by molar-refractivity contribution is -0.125. The van der Waals surface area contributed by atoms with E-state index in [0.717, 1.165) is 25.4 Å². The van der Waals surface area contributed by atoms with Gasteiger partial charge in [0.05, 0.1) is 6.04 Å². The minimum atomic E-state index is 0.0583. The monoisotopic (exact) mass is 251 g/mol. The zero-order valence-corrected chi connectivity index (χ0v) is 11.2. The molecule has 2 N–H and O–H groups in total. The lowest BCUT2D eigenvalue weighted by Crippen LogP contribution is -2.59. The van der Waals surface area contributed by atoms with E-state index in [9.17, 15) is 4.79 Å². The molecule has 2 atom stereocenters. The Labute approximate surface area is 109 Å². The number of nitrogens with one attached hydrogen (secondary N) is 2. The van der Waals surface area contributed by atoms with Gasteiger partial charge in [0, 0.05) is 12.6 Å². The normalized spacial score (nSPS) is 40.2. The van der Waals surface area contributed by atoms with Crippen molar-refractivity contribution in [3.8, 4) is 0 Å². The van der Waals surface area contributed by atoms with Crippen LogP contribution in [0.4, 0.5) is 0 Å². The highest BCUT2D eigenvalue weighted by molar-refractivity contribution is 5.82. The maximum absolute atomic E-state index is 12.3. The molecule has 4 saturated heterocycles. The first-order chi connectivity index (χ1) is 8.83. The Morgan fingerprint density at radius 1 is 1.11 bits per heavy atom. The van der Waals surface area contributed by atoms with Crippen LogP contribution in [-0.4, -0.2) is 49.1 Å². The van der Waals surface area contributed by atoms with Crippen molar-refractivity contribution in [1.82, 2.24) is 15.5 Å². The van der Waals surface area contributed by atoms with Crippen LogP contribution in [0.1, 0.15) is 38.5 Å². The first kappa shape index (κ1) is 12.4. The number of carbonyl (C=O) groups is 1. The van der Waals surface area contributed by atoms with E-state index in [4.69, 9.17) is 0 Å². The van der Waals surface area contributed by atoms with Crippen LogP contribution in [0.3, 0.4) is 0 Å². The minimum Gasteiger partial charge on any atom is -0.350 e. The van der Waals surface area contributed by atoms with Crippen LogP contribution >= 0.6 is 0 Å². The van der Waals surface area contributed by atoms with E-state index in [1.807, 2.05) is 0 Å². The van der Waals surface area contributed by atoms with Crippen molar-refractivity contribution in [1.29, 1.82) is 0 Å². The number of carbonyl (C=O) groups excluding carboxylic acids is 1. The average Bonchev–Trinajstić information content (AvgIpc) is 2.69. The molecule has 0 radical (unpaired) electrons. The van der Waals surface area contributed by atoms with Crippen LogP contribution in [0, 0.1) is 5.92 Å². The van der Waals surface area contributed by atoms with Crippen molar-refractivity contribution >= 4 is 5.91 Å². The summed E-state index contributed by atoms with van der Waals surface area (Å²) >= 11 is 0. The van der Waals surface area contributed by atoms with Gasteiger partial charge >= 0.3 is 0 Å². The Bertz CT molecular complexity index is 291. The zero-order chi connectivity index (χ0) is 12.4. The van der Waals surface area contributed by atoms with Gasteiger partial charge in [-0.2, -0.15) is 0 Å². The Hall–Kier alpha value is -0.610. The largest absolute Gasteiger partial charge is 0.350 e. The fraction of sp³-hybridized carbons (Fsp3) is 0.929. The van der Waals surface area contributed by atoms with Gasteiger partial charge in [-0.05, 0) is 51.2 Å². The zero-order valence-electron chi connectivity index (χ0n) is 11.2. The summed E-state index contributed by atoms with van der Waals surface area (Å²) in [5.41, 5.74) is 0. The summed E-state index contributed by atoms with van der Waals surface area (Å²) in [5, 5.41) is 6.69. The molecule has 102 valence electrons. The average molecular weight is 251 g/mol. The fourth-order valence-electron chi connectivity index (χ4n) is 3.66. The molecule has 2 unspecified atom stereocenters. The molecule has 0 aliphatic carbocycles. The van der Waals surface area contributed by atoms with E-state index in [1.165, 1.54) is 45.2 Å². The predicted molar refractivity (Wildman–Crippen MR) is 71.4 cm³/mol. The molecule has 0 aromatic rings. The molecule has 4 rings (SSSR count). The fourth-order valence-corrected chi connectivity index (χ4v) is 3.66. The standard InChI is InChI=1S/C14H25N3O/c18-14(12-4-2-1-3-7-15-12)16-13-10-17-8-5-11(13)6-9-17/h11-13,15H,1-10H2,(H,16,18). The molecule has 4 nitrogen and oxygen atoms in total. The SMILES string of the molecule is O=C(NC1CN2CCC1CC2)C1CCCCCN1. The van der Waals surface area contributed by atoms with Crippen molar-refractivity contribution in [3.05, 3.63) is 0 Å². The number of hydrogen-bond donors (Lipinski definition) is 2. The molecule has 4 aliphatic rings. The lowest BCUT2D eigenvalue weighted by Gasteiger charge is -2.45. The predicted octanol–water partition coefficient (Wildman–Crippen LogP) is 0.729. The number of hydrogen-bond acceptors (Lipinski definition) is 3. The molecule has 0 spiro atoms. The third kappa shape index (κ3) is 2.69. The summed E-state index contributed by atoms with van der Waals surface area (Å²) in [7, 11) is 0. The highest BCUT2D eigenvalue weighted by atomic mass is 16.2. The van der Waals surface area contributed by atoms with Crippen molar-refractivity contribution in [2.24, 2.45) is 5.92 Å². The van der Waals surface area contributed by atoms with E-state index in [0.29, 0.717) is 6.04 Å². The van der Waals surface area contributed by atoms with Crippen LogP contribution in [0.2, 0.25) is 0 Å². The molecule has 0 aromatic carbocycles. The van der Waals surface area contributed by atoms with Gasteiger partial charge in [0.15, 0.2) is 0 Å². The molecular weight excluding hydrogens is 226 g/mol. The first-order valence-corrected chi connectivity index (χ1v) is 7.59. The molecule has 4 heterocycles. The second-order valence-electron chi connectivity index (χ2n) is 6.11. The maximum Gasteiger partial charge on any atom is 0.237 e. The summed E-state index contributed by atoms with van der Waals surface area (Å²) in [4.78, 5) is 14.8. The van der Waals surface area contributed by atoms with Gasteiger partial charge < -0.3 is 15.5 Å². The van der Waals surface area contributed by atoms with Crippen molar-refractivity contribution in [2.45, 2.75) is 50.6 Å². The quantitative estimate of drug-likeness (QED) is 0.760. The summed E-state index contributed by atoms with van der Waals surface area (Å²) in [6, 6.07) is 0.466. The topological polar surface area (TPSA) is 44.4 Å². The molecule has 4 aliphatic heterocycles. The van der Waals surface area contributed by atoms with Crippen molar-refractivity contribution in [2.75, 3.05) is 26.2 Å². The summed E-state index contributed by atoms with van der Waals surface area (Å²) in [6.45, 7) is 4.54. The molecule has 18 heavy (non-hydrogen) atoms. The molecule has 4 heteroatoms. The number of amides is 1. The van der Waals surface area contributed by atoms with E-state index in [2.05, 4.69) is 15.5 Å². The lowest BCUT2D eigenvalue weighted by atomic mass is 9.84. The minimum absolute atomic E-state index is 0.0583. The van der Waals surface area contributed by atoms with E-state index in [1.54, 1.807) is 0 Å². The van der Waals surface area contributed by atoms with Gasteiger partial charge in [-0.15, -0.1) is 0 Å². The van der Waals surface area contributed by atoms with Crippen molar-refractivity contribution < 1.29 is 4.79 Å².